The lowest BCUT2D eigenvalue weighted by atomic mass is 9.78. The van der Waals surface area contributed by atoms with Crippen molar-refractivity contribution in [2.45, 2.75) is 46.0 Å². The van der Waals surface area contributed by atoms with Gasteiger partial charge in [-0.3, -0.25) is 0 Å². The molecule has 0 spiro atoms. The summed E-state index contributed by atoms with van der Waals surface area (Å²) in [4.78, 5) is 0. The molecular weight excluding hydrogens is 210 g/mol. The maximum atomic E-state index is 8.81. The lowest BCUT2D eigenvalue weighted by molar-refractivity contribution is 0.244. The summed E-state index contributed by atoms with van der Waals surface area (Å²) in [5.74, 6) is 0. The number of thiol groups is 1. The quantitative estimate of drug-likeness (QED) is 0.623. The van der Waals surface area contributed by atoms with E-state index in [-0.39, 0.29) is 12.4 Å². The Balaban J connectivity index is 0. The van der Waals surface area contributed by atoms with Crippen molar-refractivity contribution < 1.29 is 8.42 Å². The maximum absolute atomic E-state index is 8.81. The van der Waals surface area contributed by atoms with Crippen molar-refractivity contribution in [3.05, 3.63) is 0 Å². The van der Waals surface area contributed by atoms with Crippen LogP contribution in [0.2, 0.25) is 0 Å². The van der Waals surface area contributed by atoms with Crippen LogP contribution < -0.4 is 5.14 Å². The van der Waals surface area contributed by atoms with Gasteiger partial charge in [-0.25, -0.2) is 13.6 Å². The van der Waals surface area contributed by atoms with Crippen LogP contribution in [-0.2, 0) is 10.9 Å². The smallest absolute Gasteiger partial charge is 0.198 e. The Kier molecular flexibility index (Phi) is 9.14. The van der Waals surface area contributed by atoms with Gasteiger partial charge in [0.1, 0.15) is 0 Å². The van der Waals surface area contributed by atoms with Gasteiger partial charge in [-0.1, -0.05) is 33.1 Å². The third-order valence-corrected chi connectivity index (χ3v) is 2.21. The van der Waals surface area contributed by atoms with Crippen LogP contribution in [0.15, 0.2) is 0 Å². The Hall–Kier alpha value is 0.200. The van der Waals surface area contributed by atoms with Gasteiger partial charge in [0, 0.05) is 0 Å². The van der Waals surface area contributed by atoms with E-state index in [1.165, 1.54) is 32.1 Å². The van der Waals surface area contributed by atoms with Crippen molar-refractivity contribution in [1.82, 2.24) is 0 Å². The molecule has 0 radical (unpaired) electrons. The average Bonchev–Trinajstić information content (AvgIpc) is 1.85. The molecule has 0 unspecified atom stereocenters. The Bertz CT molecular complexity index is 177. The number of hydrogen-bond acceptors (Lipinski definition) is 2. The summed E-state index contributed by atoms with van der Waals surface area (Å²) in [6.45, 7) is 4.76. The molecule has 2 N–H and O–H groups in total. The molecule has 3 nitrogen and oxygen atoms in total. The molecule has 0 aromatic carbocycles. The topological polar surface area (TPSA) is 60.2 Å². The second-order valence-electron chi connectivity index (χ2n) is 4.01. The highest BCUT2D eigenvalue weighted by Gasteiger charge is 2.19. The van der Waals surface area contributed by atoms with Gasteiger partial charge in [0.15, 0.2) is 10.9 Å². The molecule has 1 aliphatic rings. The molecule has 1 fully saturated rings. The summed E-state index contributed by atoms with van der Waals surface area (Å²) < 4.78 is 17.6. The van der Waals surface area contributed by atoms with Crippen molar-refractivity contribution in [2.24, 2.45) is 10.6 Å². The van der Waals surface area contributed by atoms with Gasteiger partial charge in [-0.15, -0.1) is 12.4 Å². The third-order valence-electron chi connectivity index (χ3n) is 2.21. The van der Waals surface area contributed by atoms with Gasteiger partial charge < -0.3 is 0 Å². The monoisotopic (exact) mass is 229 g/mol. The zero-order valence-corrected chi connectivity index (χ0v) is 10.00. The molecule has 0 bridgehead atoms. The average molecular weight is 230 g/mol. The highest BCUT2D eigenvalue weighted by molar-refractivity contribution is 7.69. The van der Waals surface area contributed by atoms with Crippen LogP contribution in [0.5, 0.6) is 0 Å². The largest absolute Gasteiger partial charge is 0.231 e. The zero-order chi connectivity index (χ0) is 9.61. The summed E-state index contributed by atoms with van der Waals surface area (Å²) in [5, 5.41) is 4.06. The number of hydrogen-bond donors (Lipinski definition) is 2. The molecule has 0 saturated heterocycles. The summed E-state index contributed by atoms with van der Waals surface area (Å²) in [6.07, 6.45) is 7.31. The maximum Gasteiger partial charge on any atom is 0.198 e. The van der Waals surface area contributed by atoms with Gasteiger partial charge in [0.05, 0.1) is 0 Å². The first kappa shape index (κ1) is 15.7. The van der Waals surface area contributed by atoms with Gasteiger partial charge >= 0.3 is 0 Å². The molecule has 82 valence electrons. The van der Waals surface area contributed by atoms with Crippen molar-refractivity contribution in [1.29, 1.82) is 0 Å². The molecule has 1 aliphatic carbocycles. The van der Waals surface area contributed by atoms with E-state index in [2.05, 4.69) is 19.0 Å². The van der Waals surface area contributed by atoms with Gasteiger partial charge in [-0.2, -0.15) is 0 Å². The zero-order valence-electron chi connectivity index (χ0n) is 8.28. The van der Waals surface area contributed by atoms with Crippen LogP contribution >= 0.6 is 12.4 Å². The van der Waals surface area contributed by atoms with Crippen LogP contribution in [0.1, 0.15) is 46.0 Å². The first-order valence-corrected chi connectivity index (χ1v) is 5.58. The first-order valence-electron chi connectivity index (χ1n) is 4.33. The van der Waals surface area contributed by atoms with E-state index in [0.717, 1.165) is 0 Å². The minimum Gasteiger partial charge on any atom is -0.231 e. The van der Waals surface area contributed by atoms with Crippen molar-refractivity contribution >= 4 is 23.3 Å². The normalized spacial score (nSPS) is 19.7. The Morgan fingerprint density at radius 1 is 1.08 bits per heavy atom. The Morgan fingerprint density at radius 2 is 1.38 bits per heavy atom. The van der Waals surface area contributed by atoms with Crippen LogP contribution in [-0.4, -0.2) is 8.42 Å². The number of nitrogens with two attached hydrogens (primary N) is 1. The van der Waals surface area contributed by atoms with Crippen LogP contribution in [0, 0.1) is 5.41 Å². The minimum atomic E-state index is -2.62. The molecule has 0 aromatic heterocycles. The fourth-order valence-electron chi connectivity index (χ4n) is 1.51. The Morgan fingerprint density at radius 3 is 1.54 bits per heavy atom. The van der Waals surface area contributed by atoms with Crippen LogP contribution in [0.4, 0.5) is 0 Å². The fourth-order valence-corrected chi connectivity index (χ4v) is 1.51. The summed E-state index contributed by atoms with van der Waals surface area (Å²) in [5.41, 5.74) is 0.679. The molecule has 0 atom stereocenters. The third kappa shape index (κ3) is 12.2. The van der Waals surface area contributed by atoms with E-state index >= 15 is 0 Å². The summed E-state index contributed by atoms with van der Waals surface area (Å²) in [6, 6.07) is 0. The SMILES string of the molecule is CC1(C)CCCCC1.Cl.N[SH](=O)=O. The Labute approximate surface area is 88.6 Å². The lowest BCUT2D eigenvalue weighted by Gasteiger charge is -2.28. The van der Waals surface area contributed by atoms with Gasteiger partial charge in [-0.05, 0) is 18.3 Å². The molecule has 0 amide bonds. The van der Waals surface area contributed by atoms with Gasteiger partial charge in [0.25, 0.3) is 0 Å². The fraction of sp³-hybridized carbons (Fsp3) is 1.00. The van der Waals surface area contributed by atoms with Gasteiger partial charge in [0.2, 0.25) is 0 Å². The number of rotatable bonds is 0. The molecule has 13 heavy (non-hydrogen) atoms. The second kappa shape index (κ2) is 7.59. The molecule has 5 heteroatoms. The molecular formula is C8H20ClNO2S. The van der Waals surface area contributed by atoms with E-state index < -0.39 is 10.9 Å². The highest BCUT2D eigenvalue weighted by atomic mass is 35.5. The summed E-state index contributed by atoms with van der Waals surface area (Å²) >= 11 is 0. The second-order valence-corrected chi connectivity index (χ2v) is 4.58. The van der Waals surface area contributed by atoms with Crippen LogP contribution in [0.3, 0.4) is 0 Å². The molecule has 0 heterocycles. The molecule has 0 aliphatic heterocycles. The van der Waals surface area contributed by atoms with Crippen molar-refractivity contribution in [3.8, 4) is 0 Å². The lowest BCUT2D eigenvalue weighted by Crippen LogP contribution is -2.14. The van der Waals surface area contributed by atoms with Crippen LogP contribution in [0.25, 0.3) is 0 Å². The van der Waals surface area contributed by atoms with Crippen molar-refractivity contribution in [2.75, 3.05) is 0 Å². The minimum absolute atomic E-state index is 0. The predicted molar refractivity (Wildman–Crippen MR) is 58.6 cm³/mol. The summed E-state index contributed by atoms with van der Waals surface area (Å²) in [7, 11) is -2.62. The highest BCUT2D eigenvalue weighted by Crippen LogP contribution is 2.34. The van der Waals surface area contributed by atoms with Crippen molar-refractivity contribution in [3.63, 3.8) is 0 Å². The first-order chi connectivity index (χ1) is 5.44. The molecule has 1 rings (SSSR count). The van der Waals surface area contributed by atoms with E-state index in [4.69, 9.17) is 8.42 Å². The number of halogens is 1. The van der Waals surface area contributed by atoms with E-state index in [0.29, 0.717) is 5.41 Å². The van der Waals surface area contributed by atoms with E-state index in [1.807, 2.05) is 0 Å². The molecule has 0 aromatic rings. The van der Waals surface area contributed by atoms with E-state index in [1.54, 1.807) is 0 Å². The van der Waals surface area contributed by atoms with E-state index in [9.17, 15) is 0 Å². The molecule has 1 saturated carbocycles. The standard InChI is InChI=1S/C8H16.ClH.H3NO2S/c1-8(2)6-4-3-5-7-8;;1-4(2)3/h3-7H2,1-2H3;1H;4H,(H2,1,2,3). The predicted octanol–water partition coefficient (Wildman–Crippen LogP) is 1.87.